The first-order valence-electron chi connectivity index (χ1n) is 13.9. The van der Waals surface area contributed by atoms with Gasteiger partial charge in [0, 0.05) is 41.7 Å². The summed E-state index contributed by atoms with van der Waals surface area (Å²) in [6, 6.07) is 8.27. The van der Waals surface area contributed by atoms with Crippen LogP contribution >= 0.6 is 11.8 Å². The molecule has 210 valence electrons. The Morgan fingerprint density at radius 3 is 2.85 bits per heavy atom. The van der Waals surface area contributed by atoms with Gasteiger partial charge in [0.1, 0.15) is 5.03 Å². The van der Waals surface area contributed by atoms with E-state index in [0.29, 0.717) is 11.6 Å². The monoisotopic (exact) mass is 558 g/mol. The molecule has 1 atom stereocenters. The number of nitrogens with one attached hydrogen (secondary N) is 2. The van der Waals surface area contributed by atoms with E-state index in [1.165, 1.54) is 11.8 Å². The second-order valence-corrected chi connectivity index (χ2v) is 11.6. The van der Waals surface area contributed by atoms with E-state index in [9.17, 15) is 4.79 Å². The number of hydrogen-bond donors (Lipinski definition) is 2. The van der Waals surface area contributed by atoms with Crippen molar-refractivity contribution in [3.8, 4) is 11.3 Å². The first-order chi connectivity index (χ1) is 19.4. The zero-order chi connectivity index (χ0) is 28.1. The van der Waals surface area contributed by atoms with E-state index in [1.54, 1.807) is 12.2 Å². The Hall–Kier alpha value is -3.40. The van der Waals surface area contributed by atoms with Crippen LogP contribution in [-0.4, -0.2) is 70.8 Å². The molecule has 40 heavy (non-hydrogen) atoms. The Balaban J connectivity index is 1.40. The second kappa shape index (κ2) is 12.8. The van der Waals surface area contributed by atoms with Crippen LogP contribution in [0.1, 0.15) is 41.6 Å². The molecule has 3 heterocycles. The third kappa shape index (κ3) is 6.83. The number of carbonyl (C=O) groups is 1. The van der Waals surface area contributed by atoms with Crippen LogP contribution in [0.4, 0.5) is 5.69 Å². The lowest BCUT2D eigenvalue weighted by atomic mass is 10.0. The number of fused-ring (bicyclic) bond motifs is 1. The van der Waals surface area contributed by atoms with Gasteiger partial charge in [0.15, 0.2) is 5.65 Å². The van der Waals surface area contributed by atoms with Gasteiger partial charge in [-0.15, -0.1) is 0 Å². The van der Waals surface area contributed by atoms with E-state index in [0.717, 1.165) is 90.0 Å². The second-order valence-electron chi connectivity index (χ2n) is 10.5. The highest BCUT2D eigenvalue weighted by Crippen LogP contribution is 2.32. The number of carbonyl (C=O) groups excluding carboxylic acids is 1. The van der Waals surface area contributed by atoms with Gasteiger partial charge in [0.2, 0.25) is 0 Å². The van der Waals surface area contributed by atoms with Crippen molar-refractivity contribution < 1.29 is 9.53 Å². The molecule has 1 aliphatic carbocycles. The Morgan fingerprint density at radius 2 is 2.12 bits per heavy atom. The molecule has 2 aromatic heterocycles. The predicted octanol–water partition coefficient (Wildman–Crippen LogP) is 5.47. The van der Waals surface area contributed by atoms with E-state index in [2.05, 4.69) is 35.7 Å². The Bertz CT molecular complexity index is 1430. The van der Waals surface area contributed by atoms with Gasteiger partial charge in [-0.3, -0.25) is 4.79 Å². The Kier molecular flexibility index (Phi) is 9.04. The van der Waals surface area contributed by atoms with Crippen LogP contribution in [0.5, 0.6) is 0 Å². The number of aryl methyl sites for hydroxylation is 1. The van der Waals surface area contributed by atoms with Crippen molar-refractivity contribution >= 4 is 29.0 Å². The first kappa shape index (κ1) is 28.1. The minimum Gasteiger partial charge on any atom is -0.382 e. The number of nitrogens with zero attached hydrogens (tertiary/aromatic N) is 4. The summed E-state index contributed by atoms with van der Waals surface area (Å²) < 4.78 is 7.81. The number of thioether (sulfide) groups is 1. The standard InChI is InChI=1S/C31H38N6O2S/c1-5-8-25(6-2)40-29-18-27(32-14-7-9-24-20-36(4)15-16-39-24)30-33-19-28(37(30)35-29)22-10-13-26(21(3)17-22)31(38)34-23-11-12-23/h5-6,8,10,13,17-19,23-24,32H,1-2,7,9,11-12,14-16,20H2,3-4H3,(H,34,38). The molecule has 2 aliphatic rings. The number of morpholine rings is 1. The van der Waals surface area contributed by atoms with Crippen molar-refractivity contribution in [3.63, 3.8) is 0 Å². The highest BCUT2D eigenvalue weighted by atomic mass is 32.2. The normalized spacial score (nSPS) is 18.1. The van der Waals surface area contributed by atoms with E-state index in [4.69, 9.17) is 14.8 Å². The highest BCUT2D eigenvalue weighted by molar-refractivity contribution is 8.03. The molecule has 8 nitrogen and oxygen atoms in total. The van der Waals surface area contributed by atoms with Gasteiger partial charge < -0.3 is 20.3 Å². The van der Waals surface area contributed by atoms with Crippen LogP contribution in [0.25, 0.3) is 16.9 Å². The molecule has 5 rings (SSSR count). The Labute approximate surface area is 240 Å². The van der Waals surface area contributed by atoms with E-state index in [-0.39, 0.29) is 12.0 Å². The lowest BCUT2D eigenvalue weighted by Gasteiger charge is -2.30. The predicted molar refractivity (Wildman–Crippen MR) is 163 cm³/mol. The molecular weight excluding hydrogens is 520 g/mol. The fourth-order valence-corrected chi connectivity index (χ4v) is 5.65. The summed E-state index contributed by atoms with van der Waals surface area (Å²) in [6.07, 6.45) is 11.7. The average molecular weight is 559 g/mol. The zero-order valence-electron chi connectivity index (χ0n) is 23.4. The van der Waals surface area contributed by atoms with Crippen LogP contribution in [0.3, 0.4) is 0 Å². The van der Waals surface area contributed by atoms with Crippen LogP contribution in [0.2, 0.25) is 0 Å². The molecule has 1 saturated carbocycles. The largest absolute Gasteiger partial charge is 0.382 e. The van der Waals surface area contributed by atoms with Crippen molar-refractivity contribution in [2.24, 2.45) is 0 Å². The number of ether oxygens (including phenoxy) is 1. The van der Waals surface area contributed by atoms with Crippen LogP contribution < -0.4 is 10.6 Å². The molecule has 9 heteroatoms. The summed E-state index contributed by atoms with van der Waals surface area (Å²) in [5.74, 6) is -0.00998. The van der Waals surface area contributed by atoms with Crippen molar-refractivity contribution in [2.75, 3.05) is 38.6 Å². The topological polar surface area (TPSA) is 83.8 Å². The van der Waals surface area contributed by atoms with E-state index < -0.39 is 0 Å². The minimum atomic E-state index is -0.00998. The summed E-state index contributed by atoms with van der Waals surface area (Å²) >= 11 is 1.53. The molecule has 0 spiro atoms. The van der Waals surface area contributed by atoms with Crippen LogP contribution in [0, 0.1) is 6.92 Å². The number of hydrogen-bond acceptors (Lipinski definition) is 7. The van der Waals surface area contributed by atoms with Gasteiger partial charge in [0.05, 0.1) is 30.3 Å². The van der Waals surface area contributed by atoms with Gasteiger partial charge >= 0.3 is 0 Å². The van der Waals surface area contributed by atoms with Crippen molar-refractivity contribution in [2.45, 2.75) is 49.8 Å². The molecule has 1 amide bonds. The quantitative estimate of drug-likeness (QED) is 0.173. The third-order valence-electron chi connectivity index (χ3n) is 7.19. The van der Waals surface area contributed by atoms with Crippen molar-refractivity contribution in [1.29, 1.82) is 0 Å². The maximum atomic E-state index is 12.7. The number of amides is 1. The number of likely N-dealkylation sites (N-methyl/N-ethyl adjacent to an activating group) is 1. The van der Waals surface area contributed by atoms with Gasteiger partial charge in [-0.1, -0.05) is 43.1 Å². The average Bonchev–Trinajstić information content (AvgIpc) is 3.65. The zero-order valence-corrected chi connectivity index (χ0v) is 24.2. The van der Waals surface area contributed by atoms with E-state index >= 15 is 0 Å². The van der Waals surface area contributed by atoms with Crippen molar-refractivity contribution in [3.05, 3.63) is 77.9 Å². The lowest BCUT2D eigenvalue weighted by molar-refractivity contribution is -0.0235. The molecular formula is C31H38N6O2S. The molecule has 2 N–H and O–H groups in total. The lowest BCUT2D eigenvalue weighted by Crippen LogP contribution is -2.40. The third-order valence-corrected chi connectivity index (χ3v) is 8.14. The number of anilines is 1. The van der Waals surface area contributed by atoms with Gasteiger partial charge in [0.25, 0.3) is 5.91 Å². The SMILES string of the molecule is C=CC=C(C=C)Sc1cc(NCCCC2CN(C)CCO2)c2ncc(-c3ccc(C(=O)NC4CC4)c(C)c3)n2n1. The number of rotatable bonds is 12. The summed E-state index contributed by atoms with van der Waals surface area (Å²) in [4.78, 5) is 20.7. The summed E-state index contributed by atoms with van der Waals surface area (Å²) in [5, 5.41) is 12.4. The Morgan fingerprint density at radius 1 is 1.27 bits per heavy atom. The highest BCUT2D eigenvalue weighted by Gasteiger charge is 2.25. The number of aromatic nitrogens is 3. The van der Waals surface area contributed by atoms with Gasteiger partial charge in [-0.25, -0.2) is 9.50 Å². The smallest absolute Gasteiger partial charge is 0.251 e. The molecule has 0 radical (unpaired) electrons. The molecule has 3 aromatic rings. The maximum absolute atomic E-state index is 12.7. The molecule has 1 unspecified atom stereocenters. The first-order valence-corrected chi connectivity index (χ1v) is 14.7. The summed E-state index contributed by atoms with van der Waals surface area (Å²) in [6.45, 7) is 13.3. The maximum Gasteiger partial charge on any atom is 0.251 e. The molecule has 1 aromatic carbocycles. The molecule has 1 aliphatic heterocycles. The summed E-state index contributed by atoms with van der Waals surface area (Å²) in [5.41, 5.74) is 5.13. The summed E-state index contributed by atoms with van der Waals surface area (Å²) in [7, 11) is 2.15. The molecule has 2 fully saturated rings. The number of imidazole rings is 1. The van der Waals surface area contributed by atoms with Gasteiger partial charge in [-0.2, -0.15) is 5.10 Å². The van der Waals surface area contributed by atoms with Crippen molar-refractivity contribution in [1.82, 2.24) is 24.8 Å². The van der Waals surface area contributed by atoms with E-state index in [1.807, 2.05) is 48.0 Å². The fourth-order valence-electron chi connectivity index (χ4n) is 4.87. The number of benzene rings is 1. The molecule has 0 bridgehead atoms. The van der Waals surface area contributed by atoms with Crippen LogP contribution in [-0.2, 0) is 4.74 Å². The van der Waals surface area contributed by atoms with Crippen LogP contribution in [0.15, 0.2) is 71.8 Å². The fraction of sp³-hybridized carbons (Fsp3) is 0.387. The van der Waals surface area contributed by atoms with Gasteiger partial charge in [-0.05, 0) is 69.5 Å². The minimum absolute atomic E-state index is 0.00998. The molecule has 1 saturated heterocycles. The number of allylic oxidation sites excluding steroid dienone is 3.